The van der Waals surface area contributed by atoms with Gasteiger partial charge >= 0.3 is 0 Å². The van der Waals surface area contributed by atoms with Gasteiger partial charge in [0.2, 0.25) is 0 Å². The Morgan fingerprint density at radius 1 is 1.56 bits per heavy atom. The number of hydrogen-bond donors (Lipinski definition) is 1. The summed E-state index contributed by atoms with van der Waals surface area (Å²) in [5.74, 6) is 0. The molecule has 0 radical (unpaired) electrons. The van der Waals surface area contributed by atoms with Crippen molar-refractivity contribution in [2.45, 2.75) is 26.0 Å². The molecule has 0 bridgehead atoms. The van der Waals surface area contributed by atoms with Crippen molar-refractivity contribution in [3.8, 4) is 0 Å². The SMILES string of the molecule is CCCn1nncc1C(O)c1ccc(Br)s1. The van der Waals surface area contributed by atoms with Crippen molar-refractivity contribution >= 4 is 27.3 Å². The molecule has 2 aromatic heterocycles. The van der Waals surface area contributed by atoms with Crippen LogP contribution in [-0.4, -0.2) is 20.1 Å². The smallest absolute Gasteiger partial charge is 0.131 e. The van der Waals surface area contributed by atoms with Crippen molar-refractivity contribution in [3.05, 3.63) is 32.7 Å². The van der Waals surface area contributed by atoms with Crippen molar-refractivity contribution in [2.75, 3.05) is 0 Å². The van der Waals surface area contributed by atoms with Crippen LogP contribution in [0.1, 0.15) is 30.0 Å². The van der Waals surface area contributed by atoms with Crippen molar-refractivity contribution < 1.29 is 5.11 Å². The van der Waals surface area contributed by atoms with Gasteiger partial charge in [-0.2, -0.15) is 0 Å². The number of thiophene rings is 1. The maximum atomic E-state index is 10.2. The van der Waals surface area contributed by atoms with Crippen molar-refractivity contribution in [2.24, 2.45) is 0 Å². The van der Waals surface area contributed by atoms with E-state index in [2.05, 4.69) is 33.2 Å². The fourth-order valence-electron chi connectivity index (χ4n) is 1.48. The third-order valence-electron chi connectivity index (χ3n) is 2.23. The lowest BCUT2D eigenvalue weighted by Crippen LogP contribution is -2.09. The molecule has 0 saturated carbocycles. The maximum absolute atomic E-state index is 10.2. The van der Waals surface area contributed by atoms with Gasteiger partial charge in [-0.3, -0.25) is 0 Å². The molecular formula is C10H12BrN3OS. The van der Waals surface area contributed by atoms with E-state index in [9.17, 15) is 5.11 Å². The van der Waals surface area contributed by atoms with Crippen LogP contribution in [-0.2, 0) is 6.54 Å². The fraction of sp³-hybridized carbons (Fsp3) is 0.400. The molecule has 86 valence electrons. The summed E-state index contributed by atoms with van der Waals surface area (Å²) in [6.07, 6.45) is 1.95. The minimum Gasteiger partial charge on any atom is -0.381 e. The van der Waals surface area contributed by atoms with Crippen LogP contribution in [0.3, 0.4) is 0 Å². The van der Waals surface area contributed by atoms with E-state index in [1.165, 1.54) is 11.3 Å². The molecule has 1 N–H and O–H groups in total. The van der Waals surface area contributed by atoms with E-state index >= 15 is 0 Å². The zero-order valence-corrected chi connectivity index (χ0v) is 11.2. The van der Waals surface area contributed by atoms with Crippen LogP contribution in [0.5, 0.6) is 0 Å². The second-order valence-corrected chi connectivity index (χ2v) is 5.92. The van der Waals surface area contributed by atoms with Gasteiger partial charge < -0.3 is 5.11 Å². The van der Waals surface area contributed by atoms with Crippen LogP contribution in [0, 0.1) is 0 Å². The van der Waals surface area contributed by atoms with Crippen LogP contribution < -0.4 is 0 Å². The molecule has 0 aliphatic rings. The molecule has 2 heterocycles. The average Bonchev–Trinajstić information content (AvgIpc) is 2.87. The topological polar surface area (TPSA) is 50.9 Å². The molecule has 0 spiro atoms. The van der Waals surface area contributed by atoms with Crippen molar-refractivity contribution in [1.29, 1.82) is 0 Å². The number of aliphatic hydroxyl groups is 1. The lowest BCUT2D eigenvalue weighted by molar-refractivity contribution is 0.211. The van der Waals surface area contributed by atoms with Crippen LogP contribution in [0.25, 0.3) is 0 Å². The standard InChI is InChI=1S/C10H12BrN3OS/c1-2-5-14-7(6-12-13-14)10(15)8-3-4-9(11)16-8/h3-4,6,10,15H,2,5H2,1H3. The van der Waals surface area contributed by atoms with E-state index in [1.807, 2.05) is 12.1 Å². The summed E-state index contributed by atoms with van der Waals surface area (Å²) in [5.41, 5.74) is 0.746. The molecule has 6 heteroatoms. The molecule has 16 heavy (non-hydrogen) atoms. The monoisotopic (exact) mass is 301 g/mol. The Balaban J connectivity index is 2.26. The highest BCUT2D eigenvalue weighted by Gasteiger charge is 2.17. The minimum atomic E-state index is -0.641. The Hall–Kier alpha value is -0.720. The number of nitrogens with zero attached hydrogens (tertiary/aromatic N) is 3. The van der Waals surface area contributed by atoms with Crippen molar-refractivity contribution in [1.82, 2.24) is 15.0 Å². The van der Waals surface area contributed by atoms with E-state index in [0.717, 1.165) is 27.3 Å². The number of aliphatic hydroxyl groups excluding tert-OH is 1. The van der Waals surface area contributed by atoms with Gasteiger partial charge in [-0.25, -0.2) is 4.68 Å². The Kier molecular flexibility index (Phi) is 3.73. The number of halogens is 1. The van der Waals surface area contributed by atoms with Crippen LogP contribution in [0.2, 0.25) is 0 Å². The first-order chi connectivity index (χ1) is 7.72. The molecular weight excluding hydrogens is 290 g/mol. The van der Waals surface area contributed by atoms with Crippen LogP contribution in [0.15, 0.2) is 22.1 Å². The first-order valence-electron chi connectivity index (χ1n) is 5.04. The number of aromatic nitrogens is 3. The lowest BCUT2D eigenvalue weighted by Gasteiger charge is -2.09. The minimum absolute atomic E-state index is 0.641. The third kappa shape index (κ3) is 2.34. The Bertz CT molecular complexity index is 468. The van der Waals surface area contributed by atoms with E-state index < -0.39 is 6.10 Å². The van der Waals surface area contributed by atoms with E-state index in [1.54, 1.807) is 10.9 Å². The lowest BCUT2D eigenvalue weighted by atomic mass is 10.2. The molecule has 0 aromatic carbocycles. The molecule has 4 nitrogen and oxygen atoms in total. The predicted octanol–water partition coefficient (Wildman–Crippen LogP) is 2.59. The second kappa shape index (κ2) is 5.07. The number of hydrogen-bond acceptors (Lipinski definition) is 4. The maximum Gasteiger partial charge on any atom is 0.131 e. The number of aryl methyl sites for hydroxylation is 1. The Morgan fingerprint density at radius 2 is 2.38 bits per heavy atom. The first kappa shape index (κ1) is 11.8. The van der Waals surface area contributed by atoms with Gasteiger partial charge in [0.1, 0.15) is 6.10 Å². The predicted molar refractivity (Wildman–Crippen MR) is 66.4 cm³/mol. The second-order valence-electron chi connectivity index (χ2n) is 3.43. The molecule has 0 saturated heterocycles. The molecule has 1 atom stereocenters. The molecule has 2 aromatic rings. The molecule has 1 unspecified atom stereocenters. The van der Waals surface area contributed by atoms with Gasteiger partial charge in [-0.05, 0) is 34.5 Å². The summed E-state index contributed by atoms with van der Waals surface area (Å²) in [7, 11) is 0. The molecule has 0 amide bonds. The van der Waals surface area contributed by atoms with Gasteiger partial charge in [0.15, 0.2) is 0 Å². The quantitative estimate of drug-likeness (QED) is 0.944. The van der Waals surface area contributed by atoms with Crippen LogP contribution in [0.4, 0.5) is 0 Å². The van der Waals surface area contributed by atoms with Crippen molar-refractivity contribution in [3.63, 3.8) is 0 Å². The summed E-state index contributed by atoms with van der Waals surface area (Å²) in [4.78, 5) is 0.895. The normalized spacial score (nSPS) is 12.9. The largest absolute Gasteiger partial charge is 0.381 e. The average molecular weight is 302 g/mol. The zero-order chi connectivity index (χ0) is 11.5. The highest BCUT2D eigenvalue weighted by molar-refractivity contribution is 9.11. The van der Waals surface area contributed by atoms with Gasteiger partial charge in [0, 0.05) is 11.4 Å². The highest BCUT2D eigenvalue weighted by Crippen LogP contribution is 2.30. The summed E-state index contributed by atoms with van der Waals surface area (Å²) >= 11 is 4.90. The Labute approximate surface area is 106 Å². The fourth-order valence-corrected chi connectivity index (χ4v) is 2.91. The summed E-state index contributed by atoms with van der Waals surface area (Å²) in [6, 6.07) is 3.83. The van der Waals surface area contributed by atoms with Gasteiger partial charge in [0.05, 0.1) is 15.7 Å². The van der Waals surface area contributed by atoms with Gasteiger partial charge in [0.25, 0.3) is 0 Å². The van der Waals surface area contributed by atoms with E-state index in [-0.39, 0.29) is 0 Å². The molecule has 0 aliphatic heterocycles. The highest BCUT2D eigenvalue weighted by atomic mass is 79.9. The van der Waals surface area contributed by atoms with Gasteiger partial charge in [-0.15, -0.1) is 16.4 Å². The zero-order valence-electron chi connectivity index (χ0n) is 8.80. The van der Waals surface area contributed by atoms with Gasteiger partial charge in [-0.1, -0.05) is 12.1 Å². The van der Waals surface area contributed by atoms with E-state index in [0.29, 0.717) is 0 Å². The van der Waals surface area contributed by atoms with E-state index in [4.69, 9.17) is 0 Å². The summed E-state index contributed by atoms with van der Waals surface area (Å²) in [5, 5.41) is 18.0. The molecule has 0 aliphatic carbocycles. The third-order valence-corrected chi connectivity index (χ3v) is 3.90. The molecule has 0 fully saturated rings. The number of rotatable bonds is 4. The van der Waals surface area contributed by atoms with Crippen LogP contribution >= 0.6 is 27.3 Å². The summed E-state index contributed by atoms with van der Waals surface area (Å²) in [6.45, 7) is 2.85. The molecule has 2 rings (SSSR count). The Morgan fingerprint density at radius 3 is 3.00 bits per heavy atom. The first-order valence-corrected chi connectivity index (χ1v) is 6.65. The summed E-state index contributed by atoms with van der Waals surface area (Å²) < 4.78 is 2.76.